The van der Waals surface area contributed by atoms with Crippen LogP contribution in [0.4, 0.5) is 0 Å². The molecule has 0 aromatic carbocycles. The average molecular weight is 369 g/mol. The summed E-state index contributed by atoms with van der Waals surface area (Å²) in [5.74, 6) is -0.189. The van der Waals surface area contributed by atoms with Crippen molar-refractivity contribution in [3.63, 3.8) is 0 Å². The third-order valence-electron chi connectivity index (χ3n) is 5.18. The minimum absolute atomic E-state index is 0.0783. The fraction of sp³-hybridized carbons (Fsp3) is 0.750. The van der Waals surface area contributed by atoms with Gasteiger partial charge in [-0.25, -0.2) is 8.42 Å². The molecule has 1 aromatic heterocycles. The minimum Gasteiger partial charge on any atom is -0.337 e. The number of rotatable bonds is 3. The smallest absolute Gasteiger partial charge is 0.246 e. The van der Waals surface area contributed by atoms with Gasteiger partial charge in [-0.15, -0.1) is 0 Å². The molecule has 140 valence electrons. The predicted octanol–water partition coefficient (Wildman–Crippen LogP) is 0.248. The van der Waals surface area contributed by atoms with Gasteiger partial charge in [0.05, 0.1) is 17.3 Å². The summed E-state index contributed by atoms with van der Waals surface area (Å²) in [6.07, 6.45) is 1.44. The summed E-state index contributed by atoms with van der Waals surface area (Å²) in [5.41, 5.74) is 1.02. The molecule has 8 nitrogen and oxygen atoms in total. The number of piperazine rings is 1. The molecule has 2 atom stereocenters. The topological polar surface area (TPSA) is 98.4 Å². The quantitative estimate of drug-likeness (QED) is 0.796. The molecule has 2 unspecified atom stereocenters. The van der Waals surface area contributed by atoms with E-state index >= 15 is 0 Å². The van der Waals surface area contributed by atoms with Crippen LogP contribution in [0.5, 0.6) is 0 Å². The first kappa shape index (κ1) is 18.3. The molecule has 0 spiro atoms. The van der Waals surface area contributed by atoms with E-state index in [1.807, 2.05) is 11.8 Å². The Morgan fingerprint density at radius 1 is 1.28 bits per heavy atom. The van der Waals surface area contributed by atoms with Crippen molar-refractivity contribution in [2.24, 2.45) is 5.92 Å². The van der Waals surface area contributed by atoms with E-state index in [1.165, 1.54) is 4.31 Å². The Hall–Kier alpha value is -1.45. The third kappa shape index (κ3) is 3.45. The van der Waals surface area contributed by atoms with E-state index in [1.54, 1.807) is 13.8 Å². The number of aromatic nitrogens is 2. The van der Waals surface area contributed by atoms with Crippen molar-refractivity contribution in [1.29, 1.82) is 0 Å². The van der Waals surface area contributed by atoms with Crippen LogP contribution in [-0.4, -0.2) is 72.5 Å². The zero-order valence-electron chi connectivity index (χ0n) is 15.1. The van der Waals surface area contributed by atoms with Gasteiger partial charge in [-0.1, -0.05) is 0 Å². The molecule has 2 aliphatic heterocycles. The van der Waals surface area contributed by atoms with Gasteiger partial charge in [-0.05, 0) is 33.6 Å². The van der Waals surface area contributed by atoms with E-state index < -0.39 is 10.0 Å². The van der Waals surface area contributed by atoms with Crippen LogP contribution in [0, 0.1) is 19.8 Å². The first-order valence-corrected chi connectivity index (χ1v) is 10.3. The second kappa shape index (κ2) is 7.05. The highest BCUT2D eigenvalue weighted by Crippen LogP contribution is 2.28. The number of aryl methyl sites for hydroxylation is 2. The van der Waals surface area contributed by atoms with Crippen LogP contribution in [0.15, 0.2) is 4.90 Å². The molecule has 1 amide bonds. The first-order valence-electron chi connectivity index (χ1n) is 8.85. The molecule has 3 heterocycles. The SMILES string of the molecule is Cc1n[nH]c(C)c1S(=O)(=O)N1CCCC(C(=O)N2CCNCC2C)C1. The molecule has 0 aliphatic carbocycles. The molecule has 1 aromatic rings. The number of nitrogens with one attached hydrogen (secondary N) is 2. The van der Waals surface area contributed by atoms with E-state index in [0.29, 0.717) is 30.9 Å². The van der Waals surface area contributed by atoms with E-state index in [-0.39, 0.29) is 29.3 Å². The highest BCUT2D eigenvalue weighted by molar-refractivity contribution is 7.89. The molecule has 3 rings (SSSR count). The highest BCUT2D eigenvalue weighted by atomic mass is 32.2. The molecule has 25 heavy (non-hydrogen) atoms. The monoisotopic (exact) mass is 369 g/mol. The number of carbonyl (C=O) groups is 1. The van der Waals surface area contributed by atoms with Crippen molar-refractivity contribution < 1.29 is 13.2 Å². The Labute approximate surface area is 149 Å². The molecular formula is C16H27N5O3S. The molecule has 0 radical (unpaired) electrons. The van der Waals surface area contributed by atoms with Crippen LogP contribution in [-0.2, 0) is 14.8 Å². The average Bonchev–Trinajstić information content (AvgIpc) is 2.94. The van der Waals surface area contributed by atoms with Crippen molar-refractivity contribution in [2.75, 3.05) is 32.7 Å². The summed E-state index contributed by atoms with van der Waals surface area (Å²) in [7, 11) is -3.63. The Kier molecular flexibility index (Phi) is 5.17. The van der Waals surface area contributed by atoms with Gasteiger partial charge < -0.3 is 10.2 Å². The van der Waals surface area contributed by atoms with Crippen molar-refractivity contribution in [3.05, 3.63) is 11.4 Å². The lowest BCUT2D eigenvalue weighted by Crippen LogP contribution is -2.55. The summed E-state index contributed by atoms with van der Waals surface area (Å²) < 4.78 is 27.5. The maximum Gasteiger partial charge on any atom is 0.246 e. The van der Waals surface area contributed by atoms with E-state index in [4.69, 9.17) is 0 Å². The van der Waals surface area contributed by atoms with E-state index in [2.05, 4.69) is 15.5 Å². The molecule has 2 saturated heterocycles. The lowest BCUT2D eigenvalue weighted by molar-refractivity contribution is -0.139. The van der Waals surface area contributed by atoms with Crippen LogP contribution < -0.4 is 5.32 Å². The zero-order chi connectivity index (χ0) is 18.2. The predicted molar refractivity (Wildman–Crippen MR) is 93.6 cm³/mol. The normalized spacial score (nSPS) is 26.0. The van der Waals surface area contributed by atoms with Gasteiger partial charge in [0.15, 0.2) is 0 Å². The number of aromatic amines is 1. The number of amides is 1. The maximum absolute atomic E-state index is 13.0. The van der Waals surface area contributed by atoms with Crippen LogP contribution in [0.2, 0.25) is 0 Å². The van der Waals surface area contributed by atoms with Crippen LogP contribution >= 0.6 is 0 Å². The zero-order valence-corrected chi connectivity index (χ0v) is 15.9. The van der Waals surface area contributed by atoms with Gasteiger partial charge in [0, 0.05) is 38.8 Å². The minimum atomic E-state index is -3.63. The lowest BCUT2D eigenvalue weighted by atomic mass is 9.97. The number of sulfonamides is 1. The van der Waals surface area contributed by atoms with Gasteiger partial charge in [-0.3, -0.25) is 9.89 Å². The Bertz CT molecular complexity index is 725. The van der Waals surface area contributed by atoms with Crippen molar-refractivity contribution in [1.82, 2.24) is 24.7 Å². The van der Waals surface area contributed by atoms with Gasteiger partial charge in [0.1, 0.15) is 4.90 Å². The lowest BCUT2D eigenvalue weighted by Gasteiger charge is -2.39. The van der Waals surface area contributed by atoms with Crippen LogP contribution in [0.25, 0.3) is 0 Å². The van der Waals surface area contributed by atoms with Crippen LogP contribution in [0.1, 0.15) is 31.2 Å². The fourth-order valence-electron chi connectivity index (χ4n) is 3.82. The highest BCUT2D eigenvalue weighted by Gasteiger charge is 2.38. The summed E-state index contributed by atoms with van der Waals surface area (Å²) >= 11 is 0. The summed E-state index contributed by atoms with van der Waals surface area (Å²) in [6, 6.07) is 0.145. The number of piperidine rings is 1. The summed E-state index contributed by atoms with van der Waals surface area (Å²) in [6.45, 7) is 8.39. The first-order chi connectivity index (χ1) is 11.8. The number of H-pyrrole nitrogens is 1. The molecule has 2 aliphatic rings. The summed E-state index contributed by atoms with van der Waals surface area (Å²) in [5, 5.41) is 10.0. The second-order valence-corrected chi connectivity index (χ2v) is 8.92. The van der Waals surface area contributed by atoms with Crippen LogP contribution in [0.3, 0.4) is 0 Å². The number of hydrogen-bond acceptors (Lipinski definition) is 5. The fourth-order valence-corrected chi connectivity index (χ4v) is 5.67. The Balaban J connectivity index is 1.78. The van der Waals surface area contributed by atoms with Gasteiger partial charge in [-0.2, -0.15) is 9.40 Å². The molecule has 2 fully saturated rings. The Morgan fingerprint density at radius 3 is 2.68 bits per heavy atom. The van der Waals surface area contributed by atoms with E-state index in [9.17, 15) is 13.2 Å². The number of carbonyl (C=O) groups excluding carboxylic acids is 1. The van der Waals surface area contributed by atoms with E-state index in [0.717, 1.165) is 19.5 Å². The van der Waals surface area contributed by atoms with Gasteiger partial charge in [0.25, 0.3) is 0 Å². The molecule has 2 N–H and O–H groups in total. The Morgan fingerprint density at radius 2 is 2.04 bits per heavy atom. The summed E-state index contributed by atoms with van der Waals surface area (Å²) in [4.78, 5) is 15.1. The molecule has 0 saturated carbocycles. The standard InChI is InChI=1S/C16H27N5O3S/c1-11-9-17-6-8-21(11)16(22)14-5-4-7-20(10-14)25(23,24)15-12(2)18-19-13(15)3/h11,14,17H,4-10H2,1-3H3,(H,18,19). The van der Waals surface area contributed by atoms with Crippen molar-refractivity contribution in [3.8, 4) is 0 Å². The van der Waals surface area contributed by atoms with Crippen molar-refractivity contribution >= 4 is 15.9 Å². The largest absolute Gasteiger partial charge is 0.337 e. The molecule has 0 bridgehead atoms. The number of nitrogens with zero attached hydrogens (tertiary/aromatic N) is 3. The van der Waals surface area contributed by atoms with Crippen molar-refractivity contribution in [2.45, 2.75) is 44.6 Å². The molecular weight excluding hydrogens is 342 g/mol. The maximum atomic E-state index is 13.0. The molecule has 9 heteroatoms. The number of hydrogen-bond donors (Lipinski definition) is 2. The van der Waals surface area contributed by atoms with Gasteiger partial charge in [0.2, 0.25) is 15.9 Å². The van der Waals surface area contributed by atoms with Gasteiger partial charge >= 0.3 is 0 Å². The third-order valence-corrected chi connectivity index (χ3v) is 7.31. The second-order valence-electron chi connectivity index (χ2n) is 7.05.